The Morgan fingerprint density at radius 3 is 2.72 bits per heavy atom. The molecular formula is C19H25N5O4S. The summed E-state index contributed by atoms with van der Waals surface area (Å²) in [6.45, 7) is 6.63. The molecule has 156 valence electrons. The van der Waals surface area contributed by atoms with Crippen molar-refractivity contribution in [2.45, 2.75) is 12.8 Å². The number of pyridine rings is 1. The average Bonchev–Trinajstić information content (AvgIpc) is 3.14. The Morgan fingerprint density at radius 1 is 1.34 bits per heavy atom. The molecule has 1 saturated heterocycles. The highest BCUT2D eigenvalue weighted by atomic mass is 32.1. The monoisotopic (exact) mass is 419 g/mol. The number of carbonyl (C=O) groups excluding carboxylic acids is 2. The molecular weight excluding hydrogens is 394 g/mol. The van der Waals surface area contributed by atoms with Crippen LogP contribution in [0, 0.1) is 0 Å². The molecule has 0 aliphatic carbocycles. The average molecular weight is 420 g/mol. The Balaban J connectivity index is 1.78. The van der Waals surface area contributed by atoms with Gasteiger partial charge in [-0.25, -0.2) is 9.97 Å². The van der Waals surface area contributed by atoms with E-state index in [2.05, 4.69) is 26.8 Å². The molecule has 0 spiro atoms. The van der Waals surface area contributed by atoms with Crippen LogP contribution in [0.15, 0.2) is 18.3 Å². The summed E-state index contributed by atoms with van der Waals surface area (Å²) in [6, 6.07) is 0. The van der Waals surface area contributed by atoms with Crippen molar-refractivity contribution in [1.29, 1.82) is 0 Å². The summed E-state index contributed by atoms with van der Waals surface area (Å²) in [6.07, 6.45) is 2.29. The van der Waals surface area contributed by atoms with Gasteiger partial charge in [0.1, 0.15) is 5.52 Å². The number of nitrogens with one attached hydrogen (secondary N) is 1. The third-order valence-corrected chi connectivity index (χ3v) is 5.59. The van der Waals surface area contributed by atoms with E-state index in [9.17, 15) is 9.59 Å². The summed E-state index contributed by atoms with van der Waals surface area (Å²) in [4.78, 5) is 36.7. The second-order valence-electron chi connectivity index (χ2n) is 6.79. The van der Waals surface area contributed by atoms with E-state index < -0.39 is 0 Å². The number of methoxy groups -OCH3 is 1. The van der Waals surface area contributed by atoms with Crippen molar-refractivity contribution in [3.63, 3.8) is 0 Å². The standard InChI is InChI=1S/C19H25N5O4S/c1-12(5-6-14(25)23(2)3)17(26)22-19-21-15-16(29-19)13(11-20-18(15)27-4)24-7-9-28-10-8-24/h11H,1,5-10H2,2-4H3,(H,21,22,26). The molecule has 1 N–H and O–H groups in total. The topological polar surface area (TPSA) is 96.9 Å². The quantitative estimate of drug-likeness (QED) is 0.685. The number of fused-ring (bicyclic) bond motifs is 1. The van der Waals surface area contributed by atoms with Crippen molar-refractivity contribution in [3.8, 4) is 5.88 Å². The maximum absolute atomic E-state index is 12.5. The van der Waals surface area contributed by atoms with Crippen LogP contribution in [0.2, 0.25) is 0 Å². The van der Waals surface area contributed by atoms with Gasteiger partial charge in [0.2, 0.25) is 11.8 Å². The maximum Gasteiger partial charge on any atom is 0.252 e. The molecule has 0 atom stereocenters. The van der Waals surface area contributed by atoms with E-state index in [-0.39, 0.29) is 24.7 Å². The van der Waals surface area contributed by atoms with E-state index in [1.54, 1.807) is 20.3 Å². The minimum Gasteiger partial charge on any atom is -0.479 e. The van der Waals surface area contributed by atoms with Crippen molar-refractivity contribution in [3.05, 3.63) is 18.3 Å². The molecule has 9 nitrogen and oxygen atoms in total. The van der Waals surface area contributed by atoms with E-state index >= 15 is 0 Å². The Hall–Kier alpha value is -2.72. The summed E-state index contributed by atoms with van der Waals surface area (Å²) in [5.74, 6) is 0.00419. The number of hydrogen-bond acceptors (Lipinski definition) is 8. The first-order valence-electron chi connectivity index (χ1n) is 9.26. The van der Waals surface area contributed by atoms with Crippen LogP contribution < -0.4 is 15.0 Å². The first-order chi connectivity index (χ1) is 13.9. The smallest absolute Gasteiger partial charge is 0.252 e. The SMILES string of the molecule is C=C(CCC(=O)N(C)C)C(=O)Nc1nc2c(OC)ncc(N3CCOCC3)c2s1. The van der Waals surface area contributed by atoms with E-state index in [1.807, 2.05) is 0 Å². The molecule has 1 fully saturated rings. The van der Waals surface area contributed by atoms with Crippen LogP contribution in [0.5, 0.6) is 5.88 Å². The van der Waals surface area contributed by atoms with Crippen molar-refractivity contribution < 1.29 is 19.1 Å². The van der Waals surface area contributed by atoms with E-state index in [1.165, 1.54) is 23.3 Å². The predicted octanol–water partition coefficient (Wildman–Crippen LogP) is 1.90. The minimum absolute atomic E-state index is 0.0510. The molecule has 0 radical (unpaired) electrons. The molecule has 3 rings (SSSR count). The third kappa shape index (κ3) is 4.83. The minimum atomic E-state index is -0.351. The summed E-state index contributed by atoms with van der Waals surface area (Å²) in [5, 5.41) is 3.22. The third-order valence-electron chi connectivity index (χ3n) is 4.59. The lowest BCUT2D eigenvalue weighted by Crippen LogP contribution is -2.36. The first-order valence-corrected chi connectivity index (χ1v) is 10.1. The van der Waals surface area contributed by atoms with Crippen molar-refractivity contribution >= 4 is 44.2 Å². The zero-order chi connectivity index (χ0) is 21.0. The summed E-state index contributed by atoms with van der Waals surface area (Å²) in [7, 11) is 4.90. The molecule has 0 saturated carbocycles. The van der Waals surface area contributed by atoms with E-state index in [0.29, 0.717) is 35.3 Å². The molecule has 10 heteroatoms. The van der Waals surface area contributed by atoms with Gasteiger partial charge >= 0.3 is 0 Å². The van der Waals surface area contributed by atoms with Gasteiger partial charge < -0.3 is 19.3 Å². The number of hydrogen-bond donors (Lipinski definition) is 1. The van der Waals surface area contributed by atoms with Gasteiger partial charge in [-0.1, -0.05) is 17.9 Å². The molecule has 0 aromatic carbocycles. The normalized spacial score (nSPS) is 14.0. The van der Waals surface area contributed by atoms with Crippen LogP contribution in [0.25, 0.3) is 10.2 Å². The molecule has 1 aliphatic rings. The van der Waals surface area contributed by atoms with Crippen molar-refractivity contribution in [2.75, 3.05) is 57.7 Å². The van der Waals surface area contributed by atoms with Gasteiger partial charge in [-0.3, -0.25) is 14.9 Å². The highest BCUT2D eigenvalue weighted by Gasteiger charge is 2.21. The summed E-state index contributed by atoms with van der Waals surface area (Å²) < 4.78 is 11.7. The molecule has 29 heavy (non-hydrogen) atoms. The lowest BCUT2D eigenvalue weighted by molar-refractivity contribution is -0.128. The maximum atomic E-state index is 12.5. The van der Waals surface area contributed by atoms with Crippen LogP contribution in [0.3, 0.4) is 0 Å². The van der Waals surface area contributed by atoms with Gasteiger partial charge in [-0.15, -0.1) is 0 Å². The number of carbonyl (C=O) groups is 2. The van der Waals surface area contributed by atoms with Gasteiger partial charge in [0.25, 0.3) is 5.91 Å². The second-order valence-corrected chi connectivity index (χ2v) is 7.79. The van der Waals surface area contributed by atoms with Crippen LogP contribution in [-0.2, 0) is 14.3 Å². The summed E-state index contributed by atoms with van der Waals surface area (Å²) >= 11 is 1.36. The van der Waals surface area contributed by atoms with E-state index in [4.69, 9.17) is 9.47 Å². The van der Waals surface area contributed by atoms with Crippen LogP contribution in [-0.4, -0.2) is 74.2 Å². The van der Waals surface area contributed by atoms with Gasteiger partial charge in [0.05, 0.1) is 36.9 Å². The fourth-order valence-corrected chi connectivity index (χ4v) is 3.88. The number of morpholine rings is 1. The number of ether oxygens (including phenoxy) is 2. The highest BCUT2D eigenvalue weighted by molar-refractivity contribution is 7.23. The molecule has 2 amide bonds. The van der Waals surface area contributed by atoms with E-state index in [0.717, 1.165) is 23.5 Å². The van der Waals surface area contributed by atoms with Crippen molar-refractivity contribution in [1.82, 2.24) is 14.9 Å². The fraction of sp³-hybridized carbons (Fsp3) is 0.474. The van der Waals surface area contributed by atoms with Gasteiger partial charge in [0.15, 0.2) is 5.13 Å². The molecule has 3 heterocycles. The number of anilines is 2. The van der Waals surface area contributed by atoms with Crippen LogP contribution >= 0.6 is 11.3 Å². The highest BCUT2D eigenvalue weighted by Crippen LogP contribution is 2.38. The Labute approximate surface area is 173 Å². The zero-order valence-corrected chi connectivity index (χ0v) is 17.7. The number of amides is 2. The molecule has 2 aromatic rings. The van der Waals surface area contributed by atoms with Crippen molar-refractivity contribution in [2.24, 2.45) is 0 Å². The van der Waals surface area contributed by atoms with Gasteiger partial charge in [-0.2, -0.15) is 0 Å². The largest absolute Gasteiger partial charge is 0.479 e. The zero-order valence-electron chi connectivity index (χ0n) is 16.9. The van der Waals surface area contributed by atoms with Crippen LogP contribution in [0.1, 0.15) is 12.8 Å². The Morgan fingerprint density at radius 2 is 2.07 bits per heavy atom. The number of rotatable bonds is 7. The summed E-state index contributed by atoms with van der Waals surface area (Å²) in [5.41, 5.74) is 1.88. The molecule has 2 aromatic heterocycles. The molecule has 0 unspecified atom stereocenters. The number of aromatic nitrogens is 2. The Kier molecular flexibility index (Phi) is 6.65. The molecule has 0 bridgehead atoms. The van der Waals surface area contributed by atoms with Crippen LogP contribution in [0.4, 0.5) is 10.8 Å². The number of thiazole rings is 1. The predicted molar refractivity (Wildman–Crippen MR) is 113 cm³/mol. The lowest BCUT2D eigenvalue weighted by Gasteiger charge is -2.28. The molecule has 1 aliphatic heterocycles. The lowest BCUT2D eigenvalue weighted by atomic mass is 10.1. The number of nitrogens with zero attached hydrogens (tertiary/aromatic N) is 4. The second kappa shape index (κ2) is 9.19. The Bertz CT molecular complexity index is 921. The fourth-order valence-electron chi connectivity index (χ4n) is 2.89. The van der Waals surface area contributed by atoms with Gasteiger partial charge in [0, 0.05) is 39.2 Å². The van der Waals surface area contributed by atoms with Gasteiger partial charge in [-0.05, 0) is 6.42 Å². The first kappa shape index (κ1) is 21.0.